The number of ether oxygens (including phenoxy) is 1. The van der Waals surface area contributed by atoms with E-state index in [1.807, 2.05) is 44.2 Å². The van der Waals surface area contributed by atoms with Crippen LogP contribution in [-0.2, 0) is 9.53 Å². The predicted octanol–water partition coefficient (Wildman–Crippen LogP) is 2.53. The number of hydrogen-bond donors (Lipinski definition) is 0. The number of aliphatic imine (C=N–C) groups is 1. The quantitative estimate of drug-likeness (QED) is 0.561. The van der Waals surface area contributed by atoms with Crippen molar-refractivity contribution in [2.75, 3.05) is 0 Å². The second kappa shape index (κ2) is 4.31. The van der Waals surface area contributed by atoms with Crippen LogP contribution in [0.25, 0.3) is 0 Å². The normalized spacial score (nSPS) is 17.8. The largest absolute Gasteiger partial charge is 0.402 e. The maximum Gasteiger partial charge on any atom is 0.363 e. The Labute approximate surface area is 94.5 Å². The van der Waals surface area contributed by atoms with Gasteiger partial charge in [-0.1, -0.05) is 32.0 Å². The van der Waals surface area contributed by atoms with Gasteiger partial charge in [-0.2, -0.15) is 0 Å². The van der Waals surface area contributed by atoms with Crippen LogP contribution in [0, 0.1) is 5.92 Å². The van der Waals surface area contributed by atoms with Crippen LogP contribution < -0.4 is 0 Å². The molecule has 0 amide bonds. The van der Waals surface area contributed by atoms with Gasteiger partial charge < -0.3 is 4.74 Å². The van der Waals surface area contributed by atoms with Crippen molar-refractivity contribution >= 4 is 11.9 Å². The molecule has 0 spiro atoms. The van der Waals surface area contributed by atoms with Crippen LogP contribution in [0.4, 0.5) is 0 Å². The fourth-order valence-electron chi connectivity index (χ4n) is 1.44. The number of benzene rings is 1. The highest BCUT2D eigenvalue weighted by Crippen LogP contribution is 2.17. The van der Waals surface area contributed by atoms with Crippen LogP contribution in [-0.4, -0.2) is 11.9 Å². The molecule has 82 valence electrons. The van der Waals surface area contributed by atoms with Crippen molar-refractivity contribution in [2.45, 2.75) is 13.8 Å². The Bertz CT molecular complexity index is 458. The summed E-state index contributed by atoms with van der Waals surface area (Å²) in [4.78, 5) is 15.7. The number of hydrogen-bond acceptors (Lipinski definition) is 3. The summed E-state index contributed by atoms with van der Waals surface area (Å²) < 4.78 is 5.10. The lowest BCUT2D eigenvalue weighted by Gasteiger charge is -1.97. The van der Waals surface area contributed by atoms with Crippen molar-refractivity contribution in [3.05, 3.63) is 47.7 Å². The number of rotatable bonds is 2. The zero-order valence-electron chi connectivity index (χ0n) is 9.31. The maximum absolute atomic E-state index is 11.5. The summed E-state index contributed by atoms with van der Waals surface area (Å²) in [6.45, 7) is 3.99. The van der Waals surface area contributed by atoms with Crippen LogP contribution >= 0.6 is 0 Å². The Morgan fingerprint density at radius 3 is 2.56 bits per heavy atom. The van der Waals surface area contributed by atoms with Crippen LogP contribution in [0.15, 0.2) is 47.1 Å². The molecule has 0 bridgehead atoms. The molecule has 1 aromatic rings. The van der Waals surface area contributed by atoms with Crippen molar-refractivity contribution in [2.24, 2.45) is 10.9 Å². The molecule has 0 fully saturated rings. The van der Waals surface area contributed by atoms with Gasteiger partial charge in [0.15, 0.2) is 0 Å². The van der Waals surface area contributed by atoms with Gasteiger partial charge >= 0.3 is 5.97 Å². The lowest BCUT2D eigenvalue weighted by Crippen LogP contribution is -2.05. The van der Waals surface area contributed by atoms with Gasteiger partial charge in [0.1, 0.15) is 5.70 Å². The first kappa shape index (κ1) is 10.6. The molecular weight excluding hydrogens is 202 g/mol. The van der Waals surface area contributed by atoms with Gasteiger partial charge in [0.2, 0.25) is 5.90 Å². The fourth-order valence-corrected chi connectivity index (χ4v) is 1.44. The van der Waals surface area contributed by atoms with E-state index in [1.54, 1.807) is 6.08 Å². The highest BCUT2D eigenvalue weighted by Gasteiger charge is 2.23. The zero-order valence-corrected chi connectivity index (χ0v) is 9.31. The van der Waals surface area contributed by atoms with Gasteiger partial charge in [-0.25, -0.2) is 9.79 Å². The minimum Gasteiger partial charge on any atom is -0.402 e. The lowest BCUT2D eigenvalue weighted by atomic mass is 10.2. The first-order chi connectivity index (χ1) is 7.66. The minimum absolute atomic E-state index is 0.279. The van der Waals surface area contributed by atoms with Crippen LogP contribution in [0.5, 0.6) is 0 Å². The summed E-state index contributed by atoms with van der Waals surface area (Å²) in [7, 11) is 0. The lowest BCUT2D eigenvalue weighted by molar-refractivity contribution is -0.130. The van der Waals surface area contributed by atoms with E-state index in [-0.39, 0.29) is 11.9 Å². The molecular formula is C13H13NO2. The first-order valence-corrected chi connectivity index (χ1v) is 5.25. The van der Waals surface area contributed by atoms with Crippen LogP contribution in [0.3, 0.4) is 0 Å². The Morgan fingerprint density at radius 1 is 1.25 bits per heavy atom. The van der Waals surface area contributed by atoms with Crippen molar-refractivity contribution in [3.8, 4) is 0 Å². The molecule has 3 heteroatoms. The van der Waals surface area contributed by atoms with Crippen molar-refractivity contribution in [3.63, 3.8) is 0 Å². The third-order valence-corrected chi connectivity index (χ3v) is 2.13. The van der Waals surface area contributed by atoms with Gasteiger partial charge in [-0.3, -0.25) is 0 Å². The molecule has 3 nitrogen and oxygen atoms in total. The molecule has 0 N–H and O–H groups in total. The third-order valence-electron chi connectivity index (χ3n) is 2.13. The molecule has 0 saturated heterocycles. The first-order valence-electron chi connectivity index (χ1n) is 5.25. The van der Waals surface area contributed by atoms with Crippen molar-refractivity contribution in [1.82, 2.24) is 0 Å². The third kappa shape index (κ3) is 2.19. The van der Waals surface area contributed by atoms with E-state index in [0.717, 1.165) is 5.56 Å². The van der Waals surface area contributed by atoms with E-state index >= 15 is 0 Å². The Balaban J connectivity index is 2.30. The molecule has 0 radical (unpaired) electrons. The Hall–Kier alpha value is -1.90. The van der Waals surface area contributed by atoms with Crippen molar-refractivity contribution in [1.29, 1.82) is 0 Å². The fraction of sp³-hybridized carbons (Fsp3) is 0.231. The van der Waals surface area contributed by atoms with E-state index in [2.05, 4.69) is 4.99 Å². The Kier molecular flexibility index (Phi) is 2.86. The van der Waals surface area contributed by atoms with E-state index in [1.165, 1.54) is 0 Å². The second-order valence-corrected chi connectivity index (χ2v) is 3.97. The highest BCUT2D eigenvalue weighted by molar-refractivity contribution is 6.11. The molecule has 0 atom stereocenters. The van der Waals surface area contributed by atoms with Gasteiger partial charge in [-0.15, -0.1) is 0 Å². The molecule has 1 aliphatic rings. The van der Waals surface area contributed by atoms with E-state index < -0.39 is 0 Å². The standard InChI is InChI=1S/C13H13NO2/c1-9(2)8-11-13(15)16-12(14-11)10-6-4-3-5-7-10/h3-9H,1-2H3/b11-8+. The van der Waals surface area contributed by atoms with Crippen molar-refractivity contribution < 1.29 is 9.53 Å². The van der Waals surface area contributed by atoms with Gasteiger partial charge in [-0.05, 0) is 24.1 Å². The number of carbonyl (C=O) groups is 1. The number of allylic oxidation sites excluding steroid dienone is 1. The van der Waals surface area contributed by atoms with Crippen LogP contribution in [0.2, 0.25) is 0 Å². The maximum atomic E-state index is 11.5. The number of nitrogens with zero attached hydrogens (tertiary/aromatic N) is 1. The van der Waals surface area contributed by atoms with E-state index in [0.29, 0.717) is 11.6 Å². The van der Waals surface area contributed by atoms with Gasteiger partial charge in [0.25, 0.3) is 0 Å². The molecule has 1 heterocycles. The number of esters is 1. The number of carbonyl (C=O) groups excluding carboxylic acids is 1. The van der Waals surface area contributed by atoms with Crippen LogP contribution in [0.1, 0.15) is 19.4 Å². The second-order valence-electron chi connectivity index (χ2n) is 3.97. The summed E-state index contributed by atoms with van der Waals surface area (Å²) in [5.74, 6) is 0.298. The average molecular weight is 215 g/mol. The molecule has 1 aromatic carbocycles. The smallest absolute Gasteiger partial charge is 0.363 e. The minimum atomic E-state index is -0.368. The highest BCUT2D eigenvalue weighted by atomic mass is 16.6. The zero-order chi connectivity index (χ0) is 11.5. The predicted molar refractivity (Wildman–Crippen MR) is 62.0 cm³/mol. The molecule has 0 aromatic heterocycles. The van der Waals surface area contributed by atoms with Gasteiger partial charge in [0, 0.05) is 5.56 Å². The summed E-state index contributed by atoms with van der Waals surface area (Å²) in [6.07, 6.45) is 1.80. The topological polar surface area (TPSA) is 38.7 Å². The van der Waals surface area contributed by atoms with E-state index in [4.69, 9.17) is 4.74 Å². The molecule has 2 rings (SSSR count). The summed E-state index contributed by atoms with van der Waals surface area (Å²) in [6, 6.07) is 9.41. The molecule has 0 aliphatic carbocycles. The summed E-state index contributed by atoms with van der Waals surface area (Å²) >= 11 is 0. The number of cyclic esters (lactones) is 1. The summed E-state index contributed by atoms with van der Waals surface area (Å²) in [5.41, 5.74) is 1.22. The SMILES string of the molecule is CC(C)/C=C1/N=C(c2ccccc2)OC1=O. The molecule has 16 heavy (non-hydrogen) atoms. The monoisotopic (exact) mass is 215 g/mol. The van der Waals surface area contributed by atoms with Gasteiger partial charge in [0.05, 0.1) is 0 Å². The molecule has 0 saturated carbocycles. The molecule has 1 aliphatic heterocycles. The average Bonchev–Trinajstić information content (AvgIpc) is 2.61. The Morgan fingerprint density at radius 2 is 1.94 bits per heavy atom. The molecule has 0 unspecified atom stereocenters. The summed E-state index contributed by atoms with van der Waals surface area (Å²) in [5, 5.41) is 0. The van der Waals surface area contributed by atoms with E-state index in [9.17, 15) is 4.79 Å².